The van der Waals surface area contributed by atoms with Crippen molar-refractivity contribution in [3.63, 3.8) is 0 Å². The van der Waals surface area contributed by atoms with Gasteiger partial charge >= 0.3 is 12.0 Å². The number of nitrogens with zero attached hydrogens (tertiary/aromatic N) is 1. The van der Waals surface area contributed by atoms with E-state index in [0.717, 1.165) is 4.90 Å². The number of nitrogens with two attached hydrogens (primary N) is 2. The Labute approximate surface area is 116 Å². The molecule has 0 aliphatic heterocycles. The molecule has 0 radical (unpaired) electrons. The molecule has 0 bridgehead atoms. The predicted molar refractivity (Wildman–Crippen MR) is 69.4 cm³/mol. The van der Waals surface area contributed by atoms with Gasteiger partial charge in [-0.05, 0) is 20.3 Å². The van der Waals surface area contributed by atoms with Crippen molar-refractivity contribution in [2.75, 3.05) is 6.54 Å². The minimum Gasteiger partial charge on any atom is -0.480 e. The lowest BCUT2D eigenvalue weighted by Crippen LogP contribution is -2.52. The van der Waals surface area contributed by atoms with E-state index in [1.165, 1.54) is 0 Å². The van der Waals surface area contributed by atoms with Gasteiger partial charge in [0.1, 0.15) is 12.6 Å². The SMILES string of the molecule is CC(C)N(CC(N)=O)C(=O)N[C@@H](CCC(N)=O)C(=O)O. The molecule has 0 heterocycles. The molecule has 9 heteroatoms. The Kier molecular flexibility index (Phi) is 7.05. The Bertz CT molecular complexity index is 396. The number of amides is 4. The van der Waals surface area contributed by atoms with Crippen LogP contribution in [0.3, 0.4) is 0 Å². The molecule has 9 nitrogen and oxygen atoms in total. The number of hydrogen-bond donors (Lipinski definition) is 4. The lowest BCUT2D eigenvalue weighted by atomic mass is 10.1. The summed E-state index contributed by atoms with van der Waals surface area (Å²) in [5.41, 5.74) is 9.95. The summed E-state index contributed by atoms with van der Waals surface area (Å²) in [5, 5.41) is 11.2. The standard InChI is InChI=1S/C11H20N4O5/c1-6(2)15(5-9(13)17)11(20)14-7(10(18)19)3-4-8(12)16/h6-7H,3-5H2,1-2H3,(H2,12,16)(H2,13,17)(H,14,20)(H,18,19)/t7-/m0/s1. The number of nitrogens with one attached hydrogen (secondary N) is 1. The normalized spacial score (nSPS) is 11.8. The van der Waals surface area contributed by atoms with Gasteiger partial charge in [-0.25, -0.2) is 9.59 Å². The molecule has 0 aromatic heterocycles. The fraction of sp³-hybridized carbons (Fsp3) is 0.636. The summed E-state index contributed by atoms with van der Waals surface area (Å²) in [7, 11) is 0. The first-order chi connectivity index (χ1) is 9.15. The van der Waals surface area contributed by atoms with Gasteiger partial charge < -0.3 is 26.8 Å². The minimum absolute atomic E-state index is 0.126. The van der Waals surface area contributed by atoms with Gasteiger partial charge in [0.2, 0.25) is 11.8 Å². The van der Waals surface area contributed by atoms with Crippen LogP contribution in [0.1, 0.15) is 26.7 Å². The second-order valence-corrected chi connectivity index (χ2v) is 4.53. The molecule has 0 aromatic carbocycles. The zero-order chi connectivity index (χ0) is 15.9. The highest BCUT2D eigenvalue weighted by Gasteiger charge is 2.25. The number of urea groups is 1. The van der Waals surface area contributed by atoms with Crippen LogP contribution in [0.25, 0.3) is 0 Å². The van der Waals surface area contributed by atoms with Crippen molar-refractivity contribution < 1.29 is 24.3 Å². The maximum atomic E-state index is 11.9. The summed E-state index contributed by atoms with van der Waals surface area (Å²) < 4.78 is 0. The number of hydrogen-bond acceptors (Lipinski definition) is 4. The van der Waals surface area contributed by atoms with Gasteiger partial charge in [0, 0.05) is 12.5 Å². The average molecular weight is 288 g/mol. The van der Waals surface area contributed by atoms with Crippen LogP contribution in [0, 0.1) is 0 Å². The number of rotatable bonds is 8. The van der Waals surface area contributed by atoms with Crippen molar-refractivity contribution in [2.45, 2.75) is 38.8 Å². The van der Waals surface area contributed by atoms with Gasteiger partial charge in [0.15, 0.2) is 0 Å². The molecule has 20 heavy (non-hydrogen) atoms. The van der Waals surface area contributed by atoms with E-state index in [2.05, 4.69) is 5.32 Å². The second-order valence-electron chi connectivity index (χ2n) is 4.53. The minimum atomic E-state index is -1.29. The molecule has 114 valence electrons. The van der Waals surface area contributed by atoms with E-state index < -0.39 is 29.9 Å². The second kappa shape index (κ2) is 7.97. The number of carbonyl (C=O) groups is 4. The van der Waals surface area contributed by atoms with Crippen molar-refractivity contribution in [1.82, 2.24) is 10.2 Å². The lowest BCUT2D eigenvalue weighted by Gasteiger charge is -2.27. The van der Waals surface area contributed by atoms with Crippen LogP contribution >= 0.6 is 0 Å². The summed E-state index contributed by atoms with van der Waals surface area (Å²) in [6.07, 6.45) is -0.298. The summed E-state index contributed by atoms with van der Waals surface area (Å²) in [6.45, 7) is 2.98. The van der Waals surface area contributed by atoms with Gasteiger partial charge in [-0.2, -0.15) is 0 Å². The first-order valence-corrected chi connectivity index (χ1v) is 6.01. The van der Waals surface area contributed by atoms with Crippen LogP contribution in [-0.2, 0) is 14.4 Å². The zero-order valence-electron chi connectivity index (χ0n) is 11.5. The Balaban J connectivity index is 4.74. The molecule has 0 saturated heterocycles. The molecule has 4 amide bonds. The number of carbonyl (C=O) groups excluding carboxylic acids is 3. The molecule has 0 fully saturated rings. The van der Waals surface area contributed by atoms with Crippen molar-refractivity contribution in [3.05, 3.63) is 0 Å². The largest absolute Gasteiger partial charge is 0.480 e. The fourth-order valence-corrected chi connectivity index (χ4v) is 1.43. The van der Waals surface area contributed by atoms with Crippen LogP contribution < -0.4 is 16.8 Å². The van der Waals surface area contributed by atoms with Crippen LogP contribution in [0.4, 0.5) is 4.79 Å². The molecule has 0 rings (SSSR count). The fourth-order valence-electron chi connectivity index (χ4n) is 1.43. The van der Waals surface area contributed by atoms with Crippen molar-refractivity contribution in [2.24, 2.45) is 11.5 Å². The predicted octanol–water partition coefficient (Wildman–Crippen LogP) is -1.39. The summed E-state index contributed by atoms with van der Waals surface area (Å²) in [5.74, 6) is -2.66. The highest BCUT2D eigenvalue weighted by Crippen LogP contribution is 2.02. The highest BCUT2D eigenvalue weighted by molar-refractivity contribution is 5.86. The van der Waals surface area contributed by atoms with E-state index in [-0.39, 0.29) is 25.4 Å². The molecule has 0 aliphatic carbocycles. The van der Waals surface area contributed by atoms with Gasteiger partial charge in [0.05, 0.1) is 0 Å². The Morgan fingerprint density at radius 1 is 1.15 bits per heavy atom. The molecule has 6 N–H and O–H groups in total. The summed E-state index contributed by atoms with van der Waals surface area (Å²) in [6, 6.07) is -2.34. The Hall–Kier alpha value is -2.32. The van der Waals surface area contributed by atoms with Crippen molar-refractivity contribution in [3.8, 4) is 0 Å². The number of primary amides is 2. The molecule has 0 saturated carbocycles. The summed E-state index contributed by atoms with van der Waals surface area (Å²) >= 11 is 0. The Morgan fingerprint density at radius 3 is 2.05 bits per heavy atom. The van der Waals surface area contributed by atoms with Gasteiger partial charge in [-0.1, -0.05) is 0 Å². The van der Waals surface area contributed by atoms with E-state index in [9.17, 15) is 19.2 Å². The third-order valence-corrected chi connectivity index (χ3v) is 2.49. The van der Waals surface area contributed by atoms with E-state index >= 15 is 0 Å². The zero-order valence-corrected chi connectivity index (χ0v) is 11.5. The smallest absolute Gasteiger partial charge is 0.326 e. The number of carboxylic acids is 1. The van der Waals surface area contributed by atoms with E-state index in [1.54, 1.807) is 13.8 Å². The maximum absolute atomic E-state index is 11.9. The molecule has 0 unspecified atom stereocenters. The van der Waals surface area contributed by atoms with Gasteiger partial charge in [-0.3, -0.25) is 9.59 Å². The monoisotopic (exact) mass is 288 g/mol. The third kappa shape index (κ3) is 6.57. The first kappa shape index (κ1) is 17.7. The quantitative estimate of drug-likeness (QED) is 0.432. The third-order valence-electron chi connectivity index (χ3n) is 2.49. The highest BCUT2D eigenvalue weighted by atomic mass is 16.4. The summed E-state index contributed by atoms with van der Waals surface area (Å²) in [4.78, 5) is 45.5. The maximum Gasteiger partial charge on any atom is 0.326 e. The van der Waals surface area contributed by atoms with Crippen molar-refractivity contribution >= 4 is 23.8 Å². The van der Waals surface area contributed by atoms with Crippen LogP contribution in [-0.4, -0.2) is 52.4 Å². The van der Waals surface area contributed by atoms with E-state index in [1.807, 2.05) is 0 Å². The molecule has 0 spiro atoms. The van der Waals surface area contributed by atoms with Crippen LogP contribution in [0.5, 0.6) is 0 Å². The molecular formula is C11H20N4O5. The van der Waals surface area contributed by atoms with Crippen molar-refractivity contribution in [1.29, 1.82) is 0 Å². The van der Waals surface area contributed by atoms with E-state index in [4.69, 9.17) is 16.6 Å². The number of aliphatic carboxylic acids is 1. The average Bonchev–Trinajstić information content (AvgIpc) is 2.29. The van der Waals surface area contributed by atoms with E-state index in [0.29, 0.717) is 0 Å². The number of carboxylic acid groups (broad SMARTS) is 1. The molecule has 1 atom stereocenters. The Morgan fingerprint density at radius 2 is 1.70 bits per heavy atom. The topological polar surface area (TPSA) is 156 Å². The molecular weight excluding hydrogens is 268 g/mol. The van der Waals surface area contributed by atoms with Gasteiger partial charge in [-0.15, -0.1) is 0 Å². The lowest BCUT2D eigenvalue weighted by molar-refractivity contribution is -0.139. The van der Waals surface area contributed by atoms with Crippen LogP contribution in [0.15, 0.2) is 0 Å². The van der Waals surface area contributed by atoms with Crippen LogP contribution in [0.2, 0.25) is 0 Å². The molecule has 0 aromatic rings. The van der Waals surface area contributed by atoms with Gasteiger partial charge in [0.25, 0.3) is 0 Å². The molecule has 0 aliphatic rings. The first-order valence-electron chi connectivity index (χ1n) is 6.01.